The number of rotatable bonds is 5. The van der Waals surface area contributed by atoms with Gasteiger partial charge in [-0.05, 0) is 42.5 Å². The molecule has 4 rings (SSSR count). The van der Waals surface area contributed by atoms with Crippen LogP contribution in [0.15, 0.2) is 78.9 Å². The quantitative estimate of drug-likeness (QED) is 0.569. The number of benzene rings is 3. The van der Waals surface area contributed by atoms with Crippen molar-refractivity contribution >= 4 is 17.3 Å². The fourth-order valence-corrected chi connectivity index (χ4v) is 4.19. The van der Waals surface area contributed by atoms with Gasteiger partial charge in [0.2, 0.25) is 0 Å². The first kappa shape index (κ1) is 22.8. The number of anilines is 2. The molecule has 1 amide bonds. The van der Waals surface area contributed by atoms with Crippen LogP contribution in [0.1, 0.15) is 17.2 Å². The lowest BCUT2D eigenvalue weighted by Gasteiger charge is -2.37. The van der Waals surface area contributed by atoms with Gasteiger partial charge in [-0.1, -0.05) is 36.4 Å². The maximum absolute atomic E-state index is 13.2. The fourth-order valence-electron chi connectivity index (χ4n) is 4.19. The average Bonchev–Trinajstić information content (AvgIpc) is 2.81. The zero-order valence-corrected chi connectivity index (χ0v) is 17.8. The molecule has 0 spiro atoms. The SMILES string of the molecule is O=C(Nc1ccc(F)cc1)[C@@H](c1ccccc1)[NH+]1CCN(c2cccc(C(F)(F)F)c2)CC1. The standard InChI is InChI=1S/C25H23F4N3O/c26-20-9-11-21(12-10-20)30-24(33)23(18-5-2-1-3-6-18)32-15-13-31(14-16-32)22-8-4-7-19(17-22)25(27,28)29/h1-12,17,23H,13-16H2,(H,30,33)/p+1/t23-/m1/s1. The number of hydrogen-bond donors (Lipinski definition) is 2. The van der Waals surface area contributed by atoms with E-state index in [0.29, 0.717) is 37.6 Å². The summed E-state index contributed by atoms with van der Waals surface area (Å²) in [6, 6.07) is 19.8. The van der Waals surface area contributed by atoms with Gasteiger partial charge < -0.3 is 15.1 Å². The van der Waals surface area contributed by atoms with Crippen molar-refractivity contribution in [3.05, 3.63) is 95.8 Å². The first-order valence-corrected chi connectivity index (χ1v) is 10.7. The van der Waals surface area contributed by atoms with Gasteiger partial charge in [0.25, 0.3) is 5.91 Å². The molecule has 1 atom stereocenters. The molecule has 2 N–H and O–H groups in total. The molecule has 3 aromatic rings. The summed E-state index contributed by atoms with van der Waals surface area (Å²) in [6.07, 6.45) is -4.39. The van der Waals surface area contributed by atoms with Gasteiger partial charge in [0, 0.05) is 16.9 Å². The third-order valence-electron chi connectivity index (χ3n) is 5.86. The maximum Gasteiger partial charge on any atom is 0.416 e. The van der Waals surface area contributed by atoms with E-state index >= 15 is 0 Å². The highest BCUT2D eigenvalue weighted by Gasteiger charge is 2.35. The Balaban J connectivity index is 1.50. The van der Waals surface area contributed by atoms with Crippen molar-refractivity contribution in [3.8, 4) is 0 Å². The molecule has 8 heteroatoms. The van der Waals surface area contributed by atoms with Crippen molar-refractivity contribution in [1.82, 2.24) is 0 Å². The molecule has 1 saturated heterocycles. The number of carbonyl (C=O) groups excluding carboxylic acids is 1. The largest absolute Gasteiger partial charge is 0.416 e. The Morgan fingerprint density at radius 3 is 2.21 bits per heavy atom. The molecular formula is C25H24F4N3O+. The normalized spacial score (nSPS) is 15.8. The number of nitrogens with one attached hydrogen (secondary N) is 2. The monoisotopic (exact) mass is 458 g/mol. The number of amides is 1. The Labute approximate surface area is 189 Å². The highest BCUT2D eigenvalue weighted by molar-refractivity contribution is 5.94. The second-order valence-electron chi connectivity index (χ2n) is 8.03. The molecule has 1 heterocycles. The lowest BCUT2D eigenvalue weighted by Crippen LogP contribution is -3.16. The molecule has 0 radical (unpaired) electrons. The van der Waals surface area contributed by atoms with E-state index in [2.05, 4.69) is 5.32 Å². The topological polar surface area (TPSA) is 36.8 Å². The fraction of sp³-hybridized carbons (Fsp3) is 0.240. The van der Waals surface area contributed by atoms with Crippen molar-refractivity contribution in [3.63, 3.8) is 0 Å². The number of hydrogen-bond acceptors (Lipinski definition) is 2. The Hall–Kier alpha value is -3.39. The number of carbonyl (C=O) groups is 1. The van der Waals surface area contributed by atoms with Crippen LogP contribution in [-0.2, 0) is 11.0 Å². The van der Waals surface area contributed by atoms with E-state index in [-0.39, 0.29) is 11.7 Å². The minimum Gasteiger partial charge on any atom is -0.360 e. The molecule has 172 valence electrons. The molecular weight excluding hydrogens is 434 g/mol. The summed E-state index contributed by atoms with van der Waals surface area (Å²) >= 11 is 0. The summed E-state index contributed by atoms with van der Waals surface area (Å²) in [5.74, 6) is -0.598. The zero-order chi connectivity index (χ0) is 23.4. The number of nitrogens with zero attached hydrogens (tertiary/aromatic N) is 1. The smallest absolute Gasteiger partial charge is 0.360 e. The van der Waals surface area contributed by atoms with Gasteiger partial charge in [0.05, 0.1) is 31.7 Å². The van der Waals surface area contributed by atoms with Crippen molar-refractivity contribution in [2.75, 3.05) is 36.4 Å². The van der Waals surface area contributed by atoms with Gasteiger partial charge in [-0.3, -0.25) is 4.79 Å². The number of piperazine rings is 1. The molecule has 0 saturated carbocycles. The molecule has 1 aliphatic heterocycles. The second kappa shape index (κ2) is 9.62. The van der Waals surface area contributed by atoms with Gasteiger partial charge in [0.1, 0.15) is 5.82 Å². The Morgan fingerprint density at radius 1 is 0.909 bits per heavy atom. The van der Waals surface area contributed by atoms with E-state index in [0.717, 1.165) is 16.5 Å². The number of halogens is 4. The number of alkyl halides is 3. The van der Waals surface area contributed by atoms with E-state index in [9.17, 15) is 22.4 Å². The molecule has 1 aliphatic rings. The highest BCUT2D eigenvalue weighted by Crippen LogP contribution is 2.31. The summed E-state index contributed by atoms with van der Waals surface area (Å²) in [4.78, 5) is 16.2. The summed E-state index contributed by atoms with van der Waals surface area (Å²) in [5.41, 5.74) is 1.20. The van der Waals surface area contributed by atoms with Crippen LogP contribution in [0, 0.1) is 5.82 Å². The van der Waals surface area contributed by atoms with Gasteiger partial charge in [-0.2, -0.15) is 13.2 Å². The lowest BCUT2D eigenvalue weighted by atomic mass is 10.0. The van der Waals surface area contributed by atoms with Gasteiger partial charge in [0.15, 0.2) is 6.04 Å². The van der Waals surface area contributed by atoms with E-state index < -0.39 is 17.8 Å². The van der Waals surface area contributed by atoms with Crippen LogP contribution in [0.25, 0.3) is 0 Å². The molecule has 0 aliphatic carbocycles. The minimum absolute atomic E-state index is 0.213. The highest BCUT2D eigenvalue weighted by atomic mass is 19.4. The van der Waals surface area contributed by atoms with E-state index in [1.807, 2.05) is 35.2 Å². The summed E-state index contributed by atoms with van der Waals surface area (Å²) in [5, 5.41) is 2.87. The van der Waals surface area contributed by atoms with Crippen molar-refractivity contribution in [1.29, 1.82) is 0 Å². The van der Waals surface area contributed by atoms with Crippen LogP contribution < -0.4 is 15.1 Å². The third kappa shape index (κ3) is 5.51. The first-order valence-electron chi connectivity index (χ1n) is 10.7. The maximum atomic E-state index is 13.2. The molecule has 0 bridgehead atoms. The lowest BCUT2D eigenvalue weighted by molar-refractivity contribution is -0.922. The second-order valence-corrected chi connectivity index (χ2v) is 8.03. The molecule has 0 aromatic heterocycles. The van der Waals surface area contributed by atoms with Gasteiger partial charge in [-0.25, -0.2) is 4.39 Å². The van der Waals surface area contributed by atoms with Crippen LogP contribution in [0.3, 0.4) is 0 Å². The third-order valence-corrected chi connectivity index (χ3v) is 5.86. The van der Waals surface area contributed by atoms with Gasteiger partial charge in [-0.15, -0.1) is 0 Å². The van der Waals surface area contributed by atoms with Crippen LogP contribution in [-0.4, -0.2) is 32.1 Å². The van der Waals surface area contributed by atoms with Crippen LogP contribution >= 0.6 is 0 Å². The minimum atomic E-state index is -4.39. The van der Waals surface area contributed by atoms with Crippen LogP contribution in [0.4, 0.5) is 28.9 Å². The van der Waals surface area contributed by atoms with E-state index in [1.54, 1.807) is 6.07 Å². The molecule has 0 unspecified atom stereocenters. The van der Waals surface area contributed by atoms with Crippen LogP contribution in [0.5, 0.6) is 0 Å². The molecule has 4 nitrogen and oxygen atoms in total. The molecule has 1 fully saturated rings. The summed E-state index contributed by atoms with van der Waals surface area (Å²) < 4.78 is 52.5. The summed E-state index contributed by atoms with van der Waals surface area (Å²) in [7, 11) is 0. The predicted molar refractivity (Wildman–Crippen MR) is 119 cm³/mol. The van der Waals surface area contributed by atoms with E-state index in [1.165, 1.54) is 36.4 Å². The van der Waals surface area contributed by atoms with Crippen molar-refractivity contribution in [2.45, 2.75) is 12.2 Å². The average molecular weight is 458 g/mol. The van der Waals surface area contributed by atoms with Crippen LogP contribution in [0.2, 0.25) is 0 Å². The Bertz CT molecular complexity index is 1080. The van der Waals surface area contributed by atoms with Gasteiger partial charge >= 0.3 is 6.18 Å². The number of quaternary nitrogens is 1. The van der Waals surface area contributed by atoms with Crippen molar-refractivity contribution < 1.29 is 27.3 Å². The Kier molecular flexibility index (Phi) is 6.65. The van der Waals surface area contributed by atoms with Crippen molar-refractivity contribution in [2.24, 2.45) is 0 Å². The Morgan fingerprint density at radius 2 is 1.58 bits per heavy atom. The molecule has 3 aromatic carbocycles. The predicted octanol–water partition coefficient (Wildman–Crippen LogP) is 3.93. The first-order chi connectivity index (χ1) is 15.8. The molecule has 33 heavy (non-hydrogen) atoms. The summed E-state index contributed by atoms with van der Waals surface area (Å²) in [6.45, 7) is 2.19. The van der Waals surface area contributed by atoms with E-state index in [4.69, 9.17) is 0 Å². The zero-order valence-electron chi connectivity index (χ0n) is 17.8.